The highest BCUT2D eigenvalue weighted by Gasteiger charge is 2.49. The molecule has 1 aliphatic carbocycles. The van der Waals surface area contributed by atoms with Gasteiger partial charge in [-0.3, -0.25) is 14.3 Å². The molecule has 7 heteroatoms. The second-order valence-electron chi connectivity index (χ2n) is 4.71. The molecular formula is C11H14F2N2O3. The number of halogens is 2. The molecule has 0 aliphatic heterocycles. The predicted octanol–water partition coefficient (Wildman–Crippen LogP) is 0.424. The molecule has 0 spiro atoms. The SMILES string of the molecule is Cc1cn([C@@H]2C[C@H](CO)C(F)(F)C2)c(=O)[nH]c1=O. The van der Waals surface area contributed by atoms with Crippen LogP contribution in [0.1, 0.15) is 24.4 Å². The summed E-state index contributed by atoms with van der Waals surface area (Å²) in [6, 6.07) is -0.694. The van der Waals surface area contributed by atoms with Crippen molar-refractivity contribution in [2.75, 3.05) is 6.61 Å². The summed E-state index contributed by atoms with van der Waals surface area (Å²) in [5, 5.41) is 8.91. The lowest BCUT2D eigenvalue weighted by Gasteiger charge is -2.15. The van der Waals surface area contributed by atoms with Gasteiger partial charge in [-0.25, -0.2) is 13.6 Å². The van der Waals surface area contributed by atoms with E-state index in [0.29, 0.717) is 5.56 Å². The predicted molar refractivity (Wildman–Crippen MR) is 59.9 cm³/mol. The van der Waals surface area contributed by atoms with E-state index in [0.717, 1.165) is 4.57 Å². The Kier molecular flexibility index (Phi) is 3.10. The van der Waals surface area contributed by atoms with Crippen LogP contribution in [0.3, 0.4) is 0 Å². The summed E-state index contributed by atoms with van der Waals surface area (Å²) in [6.45, 7) is 0.895. The molecule has 0 aromatic carbocycles. The number of hydrogen-bond donors (Lipinski definition) is 2. The molecule has 1 saturated carbocycles. The Labute approximate surface area is 101 Å². The van der Waals surface area contributed by atoms with E-state index in [2.05, 4.69) is 4.98 Å². The zero-order chi connectivity index (χ0) is 13.5. The minimum Gasteiger partial charge on any atom is -0.396 e. The van der Waals surface area contributed by atoms with Crippen molar-refractivity contribution in [3.63, 3.8) is 0 Å². The van der Waals surface area contributed by atoms with Crippen LogP contribution in [-0.4, -0.2) is 27.2 Å². The minimum atomic E-state index is -2.98. The average molecular weight is 260 g/mol. The number of nitrogens with one attached hydrogen (secondary N) is 1. The zero-order valence-corrected chi connectivity index (χ0v) is 9.82. The largest absolute Gasteiger partial charge is 0.396 e. The van der Waals surface area contributed by atoms with Crippen molar-refractivity contribution in [1.82, 2.24) is 9.55 Å². The fourth-order valence-corrected chi connectivity index (χ4v) is 2.34. The number of rotatable bonds is 2. The number of aryl methyl sites for hydroxylation is 1. The van der Waals surface area contributed by atoms with Crippen LogP contribution in [-0.2, 0) is 0 Å². The normalized spacial score (nSPS) is 26.4. The van der Waals surface area contributed by atoms with E-state index >= 15 is 0 Å². The first-order valence-corrected chi connectivity index (χ1v) is 5.66. The first kappa shape index (κ1) is 12.9. The molecule has 2 N–H and O–H groups in total. The quantitative estimate of drug-likeness (QED) is 0.809. The van der Waals surface area contributed by atoms with Crippen molar-refractivity contribution in [2.45, 2.75) is 31.7 Å². The third-order valence-corrected chi connectivity index (χ3v) is 3.42. The van der Waals surface area contributed by atoms with Crippen LogP contribution in [0.2, 0.25) is 0 Å². The number of aromatic nitrogens is 2. The highest BCUT2D eigenvalue weighted by Crippen LogP contribution is 2.45. The maximum Gasteiger partial charge on any atom is 0.328 e. The topological polar surface area (TPSA) is 75.1 Å². The van der Waals surface area contributed by atoms with Gasteiger partial charge in [0.05, 0.1) is 6.61 Å². The van der Waals surface area contributed by atoms with Crippen molar-refractivity contribution in [3.8, 4) is 0 Å². The van der Waals surface area contributed by atoms with Gasteiger partial charge in [0.2, 0.25) is 0 Å². The van der Waals surface area contributed by atoms with Gasteiger partial charge >= 0.3 is 5.69 Å². The number of aliphatic hydroxyl groups excluding tert-OH is 1. The van der Waals surface area contributed by atoms with Gasteiger partial charge in [0.1, 0.15) is 0 Å². The first-order chi connectivity index (χ1) is 8.35. The fourth-order valence-electron chi connectivity index (χ4n) is 2.34. The number of alkyl halides is 2. The van der Waals surface area contributed by atoms with Gasteiger partial charge in [0.25, 0.3) is 11.5 Å². The average Bonchev–Trinajstić information content (AvgIpc) is 2.58. The molecule has 0 unspecified atom stereocenters. The number of hydrogen-bond acceptors (Lipinski definition) is 3. The molecule has 0 amide bonds. The van der Waals surface area contributed by atoms with E-state index in [1.54, 1.807) is 0 Å². The standard InChI is InChI=1S/C11H14F2N2O3/c1-6-4-15(10(18)14-9(6)17)8-2-7(5-16)11(12,13)3-8/h4,7-8,16H,2-3,5H2,1H3,(H,14,17,18)/t7-,8-/m1/s1. The van der Waals surface area contributed by atoms with Crippen LogP contribution in [0.25, 0.3) is 0 Å². The molecule has 2 atom stereocenters. The van der Waals surface area contributed by atoms with Crippen molar-refractivity contribution in [2.24, 2.45) is 5.92 Å². The Hall–Kier alpha value is -1.50. The smallest absolute Gasteiger partial charge is 0.328 e. The lowest BCUT2D eigenvalue weighted by atomic mass is 10.1. The molecule has 100 valence electrons. The van der Waals surface area contributed by atoms with Crippen LogP contribution in [0.4, 0.5) is 8.78 Å². The Bertz CT molecular complexity index is 564. The monoisotopic (exact) mass is 260 g/mol. The molecule has 0 saturated heterocycles. The van der Waals surface area contributed by atoms with Gasteiger partial charge in [-0.2, -0.15) is 0 Å². The molecule has 0 bridgehead atoms. The van der Waals surface area contributed by atoms with Crippen molar-refractivity contribution < 1.29 is 13.9 Å². The minimum absolute atomic E-state index is 0.0227. The van der Waals surface area contributed by atoms with Gasteiger partial charge in [-0.1, -0.05) is 0 Å². The van der Waals surface area contributed by atoms with Gasteiger partial charge in [-0.15, -0.1) is 0 Å². The van der Waals surface area contributed by atoms with Crippen molar-refractivity contribution in [1.29, 1.82) is 0 Å². The third-order valence-electron chi connectivity index (χ3n) is 3.42. The van der Waals surface area contributed by atoms with Crippen LogP contribution in [0.5, 0.6) is 0 Å². The lowest BCUT2D eigenvalue weighted by Crippen LogP contribution is -2.33. The van der Waals surface area contributed by atoms with E-state index in [1.165, 1.54) is 13.1 Å². The van der Waals surface area contributed by atoms with Crippen LogP contribution >= 0.6 is 0 Å². The molecule has 1 aromatic heterocycles. The molecule has 0 radical (unpaired) electrons. The van der Waals surface area contributed by atoms with Gasteiger partial charge < -0.3 is 5.11 Å². The lowest BCUT2D eigenvalue weighted by molar-refractivity contribution is -0.0551. The number of H-pyrrole nitrogens is 1. The fraction of sp³-hybridized carbons (Fsp3) is 0.636. The van der Waals surface area contributed by atoms with Gasteiger partial charge in [0.15, 0.2) is 0 Å². The second kappa shape index (κ2) is 4.31. The van der Waals surface area contributed by atoms with E-state index < -0.39 is 42.2 Å². The number of aliphatic hydroxyl groups is 1. The molecule has 18 heavy (non-hydrogen) atoms. The highest BCUT2D eigenvalue weighted by atomic mass is 19.3. The Morgan fingerprint density at radius 1 is 1.56 bits per heavy atom. The molecule has 2 rings (SSSR count). The highest BCUT2D eigenvalue weighted by molar-refractivity contribution is 5.03. The summed E-state index contributed by atoms with van der Waals surface area (Å²) in [4.78, 5) is 24.9. The molecule has 1 fully saturated rings. The summed E-state index contributed by atoms with van der Waals surface area (Å²) < 4.78 is 28.1. The molecule has 1 aliphatic rings. The summed E-state index contributed by atoms with van der Waals surface area (Å²) in [7, 11) is 0. The Balaban J connectivity index is 2.38. The summed E-state index contributed by atoms with van der Waals surface area (Å²) in [5.74, 6) is -4.12. The van der Waals surface area contributed by atoms with E-state index in [1.807, 2.05) is 0 Å². The summed E-state index contributed by atoms with van der Waals surface area (Å²) in [6.07, 6.45) is 0.820. The van der Waals surface area contributed by atoms with Crippen LogP contribution < -0.4 is 11.2 Å². The van der Waals surface area contributed by atoms with Crippen molar-refractivity contribution >= 4 is 0 Å². The number of nitrogens with zero attached hydrogens (tertiary/aromatic N) is 1. The molecular weight excluding hydrogens is 246 g/mol. The molecule has 1 heterocycles. The summed E-state index contributed by atoms with van der Waals surface area (Å²) >= 11 is 0. The van der Waals surface area contributed by atoms with Crippen molar-refractivity contribution in [3.05, 3.63) is 32.6 Å². The first-order valence-electron chi connectivity index (χ1n) is 5.66. The molecule has 1 aromatic rings. The Morgan fingerprint density at radius 3 is 2.78 bits per heavy atom. The second-order valence-corrected chi connectivity index (χ2v) is 4.71. The number of aromatic amines is 1. The van der Waals surface area contributed by atoms with Gasteiger partial charge in [0, 0.05) is 30.1 Å². The Morgan fingerprint density at radius 2 is 2.22 bits per heavy atom. The van der Waals surface area contributed by atoms with E-state index in [4.69, 9.17) is 5.11 Å². The van der Waals surface area contributed by atoms with E-state index in [-0.39, 0.29) is 6.42 Å². The maximum absolute atomic E-state index is 13.5. The van der Waals surface area contributed by atoms with Gasteiger partial charge in [-0.05, 0) is 13.3 Å². The zero-order valence-electron chi connectivity index (χ0n) is 9.82. The van der Waals surface area contributed by atoms with E-state index in [9.17, 15) is 18.4 Å². The maximum atomic E-state index is 13.5. The summed E-state index contributed by atoms with van der Waals surface area (Å²) in [5.41, 5.74) is -0.907. The molecule has 5 nitrogen and oxygen atoms in total. The van der Waals surface area contributed by atoms with Crippen LogP contribution in [0, 0.1) is 12.8 Å². The van der Waals surface area contributed by atoms with Crippen LogP contribution in [0.15, 0.2) is 15.8 Å². The third kappa shape index (κ3) is 2.10.